The van der Waals surface area contributed by atoms with Gasteiger partial charge in [0.15, 0.2) is 0 Å². The molecular weight excluding hydrogens is 90.1 g/mol. The van der Waals surface area contributed by atoms with E-state index in [1.54, 1.807) is 0 Å². The van der Waals surface area contributed by atoms with Crippen LogP contribution in [-0.2, 0) is 0 Å². The smallest absolute Gasteiger partial charge is 0.101 e. The molecule has 0 radical (unpaired) electrons. The minimum absolute atomic E-state index is 0.281. The summed E-state index contributed by atoms with van der Waals surface area (Å²) in [5.41, 5.74) is 0. The molecule has 0 atom stereocenters. The normalized spacial score (nSPS) is 24.6. The number of likely N-dealkylation sites (N-methyl/N-ethyl adjacent to an activating group) is 1. The fourth-order valence-electron chi connectivity index (χ4n) is 0.150. The summed E-state index contributed by atoms with van der Waals surface area (Å²) < 4.78 is 27.8. The highest BCUT2D eigenvalue weighted by molar-refractivity contribution is 4.19. The molecule has 0 fully saturated rings. The van der Waals surface area contributed by atoms with Crippen LogP contribution in [0.1, 0.15) is 5.48 Å². The van der Waals surface area contributed by atoms with Crippen molar-refractivity contribution >= 4 is 0 Å². The second-order valence-corrected chi connectivity index (χ2v) is 2.24. The summed E-state index contributed by atoms with van der Waals surface area (Å²) >= 11 is 0. The quantitative estimate of drug-likeness (QED) is 0.481. The van der Waals surface area contributed by atoms with Gasteiger partial charge in [0.25, 0.3) is 0 Å². The molecule has 0 amide bonds. The van der Waals surface area contributed by atoms with Gasteiger partial charge in [-0.05, 0) is 0 Å². The number of aliphatic hydroxyl groups is 1. The third-order valence-corrected chi connectivity index (χ3v) is 0.385. The first-order valence-electron chi connectivity index (χ1n) is 4.04. The molecule has 0 aliphatic carbocycles. The lowest BCUT2D eigenvalue weighted by Crippen LogP contribution is -2.36. The minimum atomic E-state index is -2.81. The third kappa shape index (κ3) is 5.92. The molecule has 0 aliphatic heterocycles. The lowest BCUT2D eigenvalue weighted by atomic mass is 10.5. The second-order valence-electron chi connectivity index (χ2n) is 2.24. The standard InChI is InChI=1S/C5H14NO/c1-6(2,3)4-5-7/h7H,4-5H2,1-3H3/q+1/i4D2,5D2. The highest BCUT2D eigenvalue weighted by Crippen LogP contribution is 1.84. The Morgan fingerprint density at radius 3 is 2.00 bits per heavy atom. The van der Waals surface area contributed by atoms with Gasteiger partial charge >= 0.3 is 0 Å². The van der Waals surface area contributed by atoms with Gasteiger partial charge < -0.3 is 9.59 Å². The summed E-state index contributed by atoms with van der Waals surface area (Å²) in [6, 6.07) is 0. The Bertz CT molecular complexity index is 130. The number of hydrogen-bond acceptors (Lipinski definition) is 1. The van der Waals surface area contributed by atoms with Gasteiger partial charge in [-0.25, -0.2) is 0 Å². The van der Waals surface area contributed by atoms with Crippen molar-refractivity contribution in [1.82, 2.24) is 0 Å². The summed E-state index contributed by atoms with van der Waals surface area (Å²) in [5, 5.41) is 8.82. The van der Waals surface area contributed by atoms with Crippen molar-refractivity contribution in [3.63, 3.8) is 0 Å². The van der Waals surface area contributed by atoms with Crippen molar-refractivity contribution in [2.24, 2.45) is 0 Å². The molecule has 2 nitrogen and oxygen atoms in total. The lowest BCUT2D eigenvalue weighted by molar-refractivity contribution is -0.870. The molecule has 7 heavy (non-hydrogen) atoms. The number of quaternary nitrogens is 1. The molecule has 0 aliphatic rings. The van der Waals surface area contributed by atoms with Gasteiger partial charge in [0, 0.05) is 0 Å². The molecule has 0 rings (SSSR count). The molecule has 44 valence electrons. The molecule has 0 spiro atoms. The van der Waals surface area contributed by atoms with Crippen LogP contribution in [0.4, 0.5) is 0 Å². The maximum Gasteiger partial charge on any atom is 0.101 e. The molecule has 0 saturated heterocycles. The first-order valence-corrected chi connectivity index (χ1v) is 2.04. The van der Waals surface area contributed by atoms with E-state index in [2.05, 4.69) is 0 Å². The van der Waals surface area contributed by atoms with Crippen molar-refractivity contribution in [3.8, 4) is 0 Å². The van der Waals surface area contributed by atoms with E-state index in [0.29, 0.717) is 0 Å². The van der Waals surface area contributed by atoms with E-state index >= 15 is 0 Å². The Labute approximate surface area is 50.6 Å². The highest BCUT2D eigenvalue weighted by atomic mass is 16.3. The van der Waals surface area contributed by atoms with Crippen LogP contribution < -0.4 is 0 Å². The van der Waals surface area contributed by atoms with Gasteiger partial charge in [-0.1, -0.05) is 0 Å². The van der Waals surface area contributed by atoms with Crippen molar-refractivity contribution in [2.75, 3.05) is 34.2 Å². The summed E-state index contributed by atoms with van der Waals surface area (Å²) in [7, 11) is 4.44. The lowest BCUT2D eigenvalue weighted by Gasteiger charge is -2.21. The zero-order chi connectivity index (χ0) is 9.50. The van der Waals surface area contributed by atoms with Crippen LogP contribution in [0.2, 0.25) is 0 Å². The average molecular weight is 108 g/mol. The Balaban J connectivity index is 4.75. The molecule has 0 heterocycles. The largest absolute Gasteiger partial charge is 0.391 e. The minimum Gasteiger partial charge on any atom is -0.391 e. The Kier molecular flexibility index (Phi) is 0.804. The van der Waals surface area contributed by atoms with E-state index in [9.17, 15) is 0 Å². The van der Waals surface area contributed by atoms with Gasteiger partial charge in [0.1, 0.15) is 6.50 Å². The number of nitrogens with zero attached hydrogens (tertiary/aromatic N) is 1. The van der Waals surface area contributed by atoms with Crippen LogP contribution in [-0.4, -0.2) is 43.8 Å². The maximum atomic E-state index is 8.82. The van der Waals surface area contributed by atoms with Gasteiger partial charge in [-0.15, -0.1) is 0 Å². The first kappa shape index (κ1) is 2.46. The Hall–Kier alpha value is -0.0800. The van der Waals surface area contributed by atoms with E-state index < -0.39 is 13.1 Å². The fraction of sp³-hybridized carbons (Fsp3) is 1.00. The molecule has 0 unspecified atom stereocenters. The third-order valence-electron chi connectivity index (χ3n) is 0.385. The number of hydrogen-bond donors (Lipinski definition) is 1. The average Bonchev–Trinajstić information content (AvgIpc) is 1.58. The monoisotopic (exact) mass is 108 g/mol. The number of rotatable bonds is 2. The van der Waals surface area contributed by atoms with Crippen molar-refractivity contribution in [2.45, 2.75) is 0 Å². The molecule has 0 aromatic heterocycles. The summed E-state index contributed by atoms with van der Waals surface area (Å²) in [4.78, 5) is 0. The van der Waals surface area contributed by atoms with Crippen molar-refractivity contribution in [1.29, 1.82) is 0 Å². The van der Waals surface area contributed by atoms with Gasteiger partial charge in [0.05, 0.1) is 33.2 Å². The summed E-state index contributed by atoms with van der Waals surface area (Å²) in [6.07, 6.45) is 0. The fourth-order valence-corrected chi connectivity index (χ4v) is 0.150. The van der Waals surface area contributed by atoms with Crippen LogP contribution in [0.15, 0.2) is 0 Å². The van der Waals surface area contributed by atoms with E-state index in [0.717, 1.165) is 0 Å². The van der Waals surface area contributed by atoms with E-state index in [4.69, 9.17) is 10.6 Å². The van der Waals surface area contributed by atoms with Gasteiger partial charge in [-0.3, -0.25) is 0 Å². The van der Waals surface area contributed by atoms with Gasteiger partial charge in [-0.2, -0.15) is 0 Å². The van der Waals surface area contributed by atoms with E-state index in [1.807, 2.05) is 0 Å². The summed E-state index contributed by atoms with van der Waals surface area (Å²) in [6.45, 7) is -5.11. The highest BCUT2D eigenvalue weighted by Gasteiger charge is 2.02. The predicted octanol–water partition coefficient (Wildman–Crippen LogP) is -0.315. The van der Waals surface area contributed by atoms with E-state index in [1.165, 1.54) is 21.1 Å². The molecule has 0 aromatic rings. The molecule has 0 bridgehead atoms. The predicted molar refractivity (Wildman–Crippen MR) is 30.0 cm³/mol. The van der Waals surface area contributed by atoms with E-state index in [-0.39, 0.29) is 4.48 Å². The molecule has 0 saturated carbocycles. The zero-order valence-corrected chi connectivity index (χ0v) is 4.89. The zero-order valence-electron chi connectivity index (χ0n) is 8.89. The van der Waals surface area contributed by atoms with Crippen molar-refractivity contribution in [3.05, 3.63) is 0 Å². The molecular formula is C5H14NO+. The van der Waals surface area contributed by atoms with Crippen LogP contribution in [0.5, 0.6) is 0 Å². The van der Waals surface area contributed by atoms with Crippen LogP contribution in [0, 0.1) is 0 Å². The van der Waals surface area contributed by atoms with Crippen molar-refractivity contribution < 1.29 is 15.1 Å². The Morgan fingerprint density at radius 2 is 2.00 bits per heavy atom. The summed E-state index contributed by atoms with van der Waals surface area (Å²) in [5.74, 6) is 0. The Morgan fingerprint density at radius 1 is 1.57 bits per heavy atom. The van der Waals surface area contributed by atoms with Crippen LogP contribution >= 0.6 is 0 Å². The molecule has 0 aromatic carbocycles. The topological polar surface area (TPSA) is 20.2 Å². The van der Waals surface area contributed by atoms with Gasteiger partial charge in [0.2, 0.25) is 0 Å². The van der Waals surface area contributed by atoms with Crippen LogP contribution in [0.3, 0.4) is 0 Å². The first-order chi connectivity index (χ1) is 4.50. The van der Waals surface area contributed by atoms with Crippen LogP contribution in [0.25, 0.3) is 0 Å². The maximum absolute atomic E-state index is 8.82. The second kappa shape index (κ2) is 2.28. The molecule has 1 N–H and O–H groups in total. The SMILES string of the molecule is [2H]C([2H])(O)C([2H])([2H])[N+](C)(C)C. The molecule has 2 heteroatoms.